The van der Waals surface area contributed by atoms with E-state index in [9.17, 15) is 4.79 Å². The van der Waals surface area contributed by atoms with Crippen LogP contribution in [0.15, 0.2) is 53.6 Å². The summed E-state index contributed by atoms with van der Waals surface area (Å²) in [6.45, 7) is 0. The molecule has 0 unspecified atom stereocenters. The summed E-state index contributed by atoms with van der Waals surface area (Å²) in [6, 6.07) is 15.0. The molecule has 0 radical (unpaired) electrons. The van der Waals surface area contributed by atoms with Gasteiger partial charge in [0.2, 0.25) is 0 Å². The van der Waals surface area contributed by atoms with Gasteiger partial charge in [0.15, 0.2) is 0 Å². The number of rotatable bonds is 6. The number of ether oxygens (including phenoxy) is 3. The van der Waals surface area contributed by atoms with Crippen LogP contribution in [0.25, 0.3) is 5.57 Å². The second kappa shape index (κ2) is 8.41. The highest BCUT2D eigenvalue weighted by molar-refractivity contribution is 6.34. The minimum absolute atomic E-state index is 0.00540. The van der Waals surface area contributed by atoms with Gasteiger partial charge in [-0.1, -0.05) is 35.9 Å². The third kappa shape index (κ3) is 4.30. The lowest BCUT2D eigenvalue weighted by Gasteiger charge is -2.13. The molecule has 126 valence electrons. The monoisotopic (exact) mass is 346 g/mol. The second-order valence-corrected chi connectivity index (χ2v) is 5.45. The molecule has 0 saturated carbocycles. The molecular formula is C19H19ClO4. The van der Waals surface area contributed by atoms with Crippen LogP contribution in [-0.2, 0) is 9.53 Å². The fourth-order valence-corrected chi connectivity index (χ4v) is 2.61. The third-order valence-corrected chi connectivity index (χ3v) is 3.88. The van der Waals surface area contributed by atoms with Gasteiger partial charge < -0.3 is 14.2 Å². The number of benzene rings is 2. The first-order chi connectivity index (χ1) is 11.6. The van der Waals surface area contributed by atoms with Crippen LogP contribution in [-0.4, -0.2) is 27.3 Å². The SMILES string of the molecule is COC(=O)CC(Cl)=C(c1ccc(OC)cc1)c1ccc(OC)cc1. The molecular weight excluding hydrogens is 328 g/mol. The van der Waals surface area contributed by atoms with E-state index in [1.807, 2.05) is 48.5 Å². The van der Waals surface area contributed by atoms with E-state index in [-0.39, 0.29) is 12.4 Å². The first-order valence-corrected chi connectivity index (χ1v) is 7.71. The molecule has 2 rings (SSSR count). The molecule has 0 bridgehead atoms. The van der Waals surface area contributed by atoms with Crippen molar-refractivity contribution >= 4 is 23.1 Å². The first kappa shape index (κ1) is 17.9. The van der Waals surface area contributed by atoms with E-state index >= 15 is 0 Å². The normalized spacial score (nSPS) is 10.0. The molecule has 0 heterocycles. The maximum Gasteiger partial charge on any atom is 0.310 e. The summed E-state index contributed by atoms with van der Waals surface area (Å²) >= 11 is 6.45. The van der Waals surface area contributed by atoms with Gasteiger partial charge in [-0.25, -0.2) is 0 Å². The molecule has 4 nitrogen and oxygen atoms in total. The molecule has 0 spiro atoms. The number of esters is 1. The minimum Gasteiger partial charge on any atom is -0.497 e. The van der Waals surface area contributed by atoms with E-state index in [1.54, 1.807) is 14.2 Å². The van der Waals surface area contributed by atoms with Crippen molar-refractivity contribution in [3.63, 3.8) is 0 Å². The van der Waals surface area contributed by atoms with Gasteiger partial charge in [0.25, 0.3) is 0 Å². The lowest BCUT2D eigenvalue weighted by atomic mass is 9.96. The molecule has 0 saturated heterocycles. The van der Waals surface area contributed by atoms with Gasteiger partial charge in [-0.2, -0.15) is 0 Å². The summed E-state index contributed by atoms with van der Waals surface area (Å²) in [6.07, 6.45) is 0.00540. The van der Waals surface area contributed by atoms with Gasteiger partial charge in [-0.15, -0.1) is 0 Å². The van der Waals surface area contributed by atoms with Crippen LogP contribution in [0, 0.1) is 0 Å². The zero-order chi connectivity index (χ0) is 17.5. The van der Waals surface area contributed by atoms with Gasteiger partial charge in [0.1, 0.15) is 11.5 Å². The molecule has 0 N–H and O–H groups in total. The molecule has 0 aliphatic rings. The van der Waals surface area contributed by atoms with E-state index in [4.69, 9.17) is 25.8 Å². The number of hydrogen-bond donors (Lipinski definition) is 0. The van der Waals surface area contributed by atoms with Crippen LogP contribution in [0.1, 0.15) is 17.5 Å². The van der Waals surface area contributed by atoms with Gasteiger partial charge >= 0.3 is 5.97 Å². The Kier molecular flexibility index (Phi) is 6.27. The average molecular weight is 347 g/mol. The quantitative estimate of drug-likeness (QED) is 0.733. The Bertz CT molecular complexity index is 669. The standard InChI is InChI=1S/C19H19ClO4/c1-22-15-8-4-13(5-9-15)19(17(20)12-18(21)24-3)14-6-10-16(23-2)11-7-14/h4-11H,12H2,1-3H3. The van der Waals surface area contributed by atoms with Crippen molar-refractivity contribution in [2.24, 2.45) is 0 Å². The lowest BCUT2D eigenvalue weighted by Crippen LogP contribution is -2.02. The number of carbonyl (C=O) groups is 1. The summed E-state index contributed by atoms with van der Waals surface area (Å²) < 4.78 is 15.1. The maximum atomic E-state index is 11.6. The molecule has 2 aromatic rings. The van der Waals surface area contributed by atoms with Crippen molar-refractivity contribution in [1.29, 1.82) is 0 Å². The number of halogens is 1. The fraction of sp³-hybridized carbons (Fsp3) is 0.211. The van der Waals surface area contributed by atoms with Crippen LogP contribution >= 0.6 is 11.6 Å². The van der Waals surface area contributed by atoms with Gasteiger partial charge in [-0.3, -0.25) is 4.79 Å². The van der Waals surface area contributed by atoms with Crippen molar-refractivity contribution in [3.8, 4) is 11.5 Å². The minimum atomic E-state index is -0.389. The smallest absolute Gasteiger partial charge is 0.310 e. The number of hydrogen-bond acceptors (Lipinski definition) is 4. The predicted molar refractivity (Wildman–Crippen MR) is 94.5 cm³/mol. The van der Waals surface area contributed by atoms with E-state index in [2.05, 4.69) is 0 Å². The van der Waals surface area contributed by atoms with E-state index < -0.39 is 0 Å². The van der Waals surface area contributed by atoms with Gasteiger partial charge in [0, 0.05) is 10.6 Å². The Morgan fingerprint density at radius 3 is 1.58 bits per heavy atom. The molecule has 0 aliphatic carbocycles. The summed E-state index contributed by atoms with van der Waals surface area (Å²) in [7, 11) is 4.56. The molecule has 24 heavy (non-hydrogen) atoms. The molecule has 0 amide bonds. The van der Waals surface area contributed by atoms with Gasteiger partial charge in [0.05, 0.1) is 27.8 Å². The average Bonchev–Trinajstić information content (AvgIpc) is 2.63. The molecule has 2 aromatic carbocycles. The molecule has 0 aromatic heterocycles. The summed E-state index contributed by atoms with van der Waals surface area (Å²) in [5.41, 5.74) is 2.54. The van der Waals surface area contributed by atoms with Crippen LogP contribution in [0.4, 0.5) is 0 Å². The van der Waals surface area contributed by atoms with E-state index in [1.165, 1.54) is 7.11 Å². The van der Waals surface area contributed by atoms with Crippen LogP contribution < -0.4 is 9.47 Å². The van der Waals surface area contributed by atoms with E-state index in [0.717, 1.165) is 28.2 Å². The first-order valence-electron chi connectivity index (χ1n) is 7.33. The van der Waals surface area contributed by atoms with Crippen molar-refractivity contribution < 1.29 is 19.0 Å². The zero-order valence-corrected chi connectivity index (χ0v) is 14.6. The van der Waals surface area contributed by atoms with Crippen LogP contribution in [0.5, 0.6) is 11.5 Å². The van der Waals surface area contributed by atoms with Gasteiger partial charge in [-0.05, 0) is 35.4 Å². The summed E-state index contributed by atoms with van der Waals surface area (Å²) in [5.74, 6) is 1.10. The number of methoxy groups -OCH3 is 3. The predicted octanol–water partition coefficient (Wildman–Crippen LogP) is 4.27. The van der Waals surface area contributed by atoms with Crippen molar-refractivity contribution in [3.05, 3.63) is 64.7 Å². The fourth-order valence-electron chi connectivity index (χ4n) is 2.28. The summed E-state index contributed by atoms with van der Waals surface area (Å²) in [5, 5.41) is 0.414. The maximum absolute atomic E-state index is 11.6. The third-order valence-electron chi connectivity index (χ3n) is 3.56. The van der Waals surface area contributed by atoms with Crippen molar-refractivity contribution in [1.82, 2.24) is 0 Å². The Labute approximate surface area is 146 Å². The Morgan fingerprint density at radius 2 is 1.25 bits per heavy atom. The molecule has 0 fully saturated rings. The van der Waals surface area contributed by atoms with Crippen molar-refractivity contribution in [2.75, 3.05) is 21.3 Å². The Morgan fingerprint density at radius 1 is 0.833 bits per heavy atom. The molecule has 0 atom stereocenters. The highest BCUT2D eigenvalue weighted by atomic mass is 35.5. The van der Waals surface area contributed by atoms with Crippen LogP contribution in [0.3, 0.4) is 0 Å². The Hall–Kier alpha value is -2.46. The summed E-state index contributed by atoms with van der Waals surface area (Å²) in [4.78, 5) is 11.6. The van der Waals surface area contributed by atoms with Crippen LogP contribution in [0.2, 0.25) is 0 Å². The highest BCUT2D eigenvalue weighted by Gasteiger charge is 2.14. The molecule has 0 aliphatic heterocycles. The second-order valence-electron chi connectivity index (χ2n) is 4.99. The van der Waals surface area contributed by atoms with Crippen molar-refractivity contribution in [2.45, 2.75) is 6.42 Å². The highest BCUT2D eigenvalue weighted by Crippen LogP contribution is 2.32. The zero-order valence-electron chi connectivity index (χ0n) is 13.8. The Balaban J connectivity index is 2.50. The van der Waals surface area contributed by atoms with E-state index in [0.29, 0.717) is 5.03 Å². The lowest BCUT2D eigenvalue weighted by molar-refractivity contribution is -0.139. The molecule has 5 heteroatoms. The number of carbonyl (C=O) groups excluding carboxylic acids is 1. The largest absolute Gasteiger partial charge is 0.497 e. The topological polar surface area (TPSA) is 44.8 Å².